The van der Waals surface area contributed by atoms with E-state index >= 15 is 0 Å². The summed E-state index contributed by atoms with van der Waals surface area (Å²) in [4.78, 5) is 7.44. The maximum Gasteiger partial charge on any atom is 0.194 e. The first kappa shape index (κ1) is 9.94. The summed E-state index contributed by atoms with van der Waals surface area (Å²) >= 11 is 5.71. The Hall–Kier alpha value is -2.25. The second-order valence-corrected chi connectivity index (χ2v) is 3.91. The fourth-order valence-electron chi connectivity index (χ4n) is 1.64. The van der Waals surface area contributed by atoms with Crippen molar-refractivity contribution in [1.29, 1.82) is 5.26 Å². The number of nitriles is 1. The smallest absolute Gasteiger partial charge is 0.194 e. The predicted octanol–water partition coefficient (Wildman–Crippen LogP) is 3.35. The molecular weight excluding hydrogens is 238 g/mol. The Kier molecular flexibility index (Phi) is 2.13. The van der Waals surface area contributed by atoms with Gasteiger partial charge in [0.1, 0.15) is 0 Å². The van der Waals surface area contributed by atoms with Crippen LogP contribution >= 0.6 is 11.6 Å². The molecule has 3 rings (SSSR count). The van der Waals surface area contributed by atoms with Gasteiger partial charge in [0.2, 0.25) is 0 Å². The molecule has 82 valence electrons. The average molecular weight is 244 g/mol. The van der Waals surface area contributed by atoms with Crippen LogP contribution in [-0.4, -0.2) is 9.97 Å². The number of hydrogen-bond acceptors (Lipinski definition) is 3. The van der Waals surface area contributed by atoms with Crippen LogP contribution in [0.15, 0.2) is 34.7 Å². The first-order valence-corrected chi connectivity index (χ1v) is 5.29. The normalized spacial score (nSPS) is 10.6. The first-order chi connectivity index (χ1) is 8.26. The maximum absolute atomic E-state index is 8.80. The van der Waals surface area contributed by atoms with E-state index in [0.29, 0.717) is 22.4 Å². The van der Waals surface area contributed by atoms with Gasteiger partial charge in [-0.25, -0.2) is 4.98 Å². The third-order valence-corrected chi connectivity index (χ3v) is 2.62. The summed E-state index contributed by atoms with van der Waals surface area (Å²) in [6.45, 7) is 0. The third-order valence-electron chi connectivity index (χ3n) is 2.42. The topological polar surface area (TPSA) is 65.6 Å². The molecule has 0 spiro atoms. The zero-order chi connectivity index (χ0) is 11.8. The van der Waals surface area contributed by atoms with Crippen molar-refractivity contribution in [3.63, 3.8) is 0 Å². The summed E-state index contributed by atoms with van der Waals surface area (Å²) in [5, 5.41) is 9.12. The fraction of sp³-hybridized carbons (Fsp3) is 0. The molecule has 1 aromatic carbocycles. The largest absolute Gasteiger partial charge is 0.441 e. The number of aromatic nitrogens is 2. The SMILES string of the molecule is N#Cc1ccc2nc(-c3ccc(Cl)o3)[nH]c2c1. The van der Waals surface area contributed by atoms with Gasteiger partial charge < -0.3 is 9.40 Å². The number of nitrogens with zero attached hydrogens (tertiary/aromatic N) is 2. The highest BCUT2D eigenvalue weighted by molar-refractivity contribution is 6.28. The Morgan fingerprint density at radius 2 is 2.18 bits per heavy atom. The lowest BCUT2D eigenvalue weighted by molar-refractivity contribution is 0.580. The van der Waals surface area contributed by atoms with Gasteiger partial charge in [-0.15, -0.1) is 0 Å². The monoisotopic (exact) mass is 243 g/mol. The van der Waals surface area contributed by atoms with E-state index < -0.39 is 0 Å². The molecule has 4 nitrogen and oxygen atoms in total. The van der Waals surface area contributed by atoms with E-state index in [4.69, 9.17) is 21.3 Å². The maximum atomic E-state index is 8.80. The predicted molar refractivity (Wildman–Crippen MR) is 63.5 cm³/mol. The molecule has 1 N–H and O–H groups in total. The van der Waals surface area contributed by atoms with Gasteiger partial charge in [-0.2, -0.15) is 5.26 Å². The van der Waals surface area contributed by atoms with Crippen LogP contribution in [0.5, 0.6) is 0 Å². The van der Waals surface area contributed by atoms with E-state index in [2.05, 4.69) is 16.0 Å². The molecule has 2 heterocycles. The number of benzene rings is 1. The van der Waals surface area contributed by atoms with Crippen LogP contribution in [-0.2, 0) is 0 Å². The van der Waals surface area contributed by atoms with Gasteiger partial charge in [-0.1, -0.05) is 0 Å². The number of imidazole rings is 1. The minimum Gasteiger partial charge on any atom is -0.441 e. The molecule has 3 aromatic rings. The molecule has 0 aliphatic heterocycles. The molecule has 5 heteroatoms. The Balaban J connectivity index is 2.17. The Morgan fingerprint density at radius 1 is 1.29 bits per heavy atom. The van der Waals surface area contributed by atoms with E-state index in [1.165, 1.54) is 0 Å². The third kappa shape index (κ3) is 1.67. The van der Waals surface area contributed by atoms with E-state index in [0.717, 1.165) is 11.0 Å². The van der Waals surface area contributed by atoms with E-state index in [-0.39, 0.29) is 0 Å². The van der Waals surface area contributed by atoms with Crippen molar-refractivity contribution in [1.82, 2.24) is 9.97 Å². The Morgan fingerprint density at radius 3 is 2.88 bits per heavy atom. The van der Waals surface area contributed by atoms with Crippen LogP contribution in [0.25, 0.3) is 22.6 Å². The zero-order valence-corrected chi connectivity index (χ0v) is 9.32. The molecule has 0 aliphatic carbocycles. The lowest BCUT2D eigenvalue weighted by atomic mass is 10.2. The second-order valence-electron chi connectivity index (χ2n) is 3.53. The molecule has 0 aliphatic rings. The second kappa shape index (κ2) is 3.65. The van der Waals surface area contributed by atoms with Crippen molar-refractivity contribution in [2.45, 2.75) is 0 Å². The van der Waals surface area contributed by atoms with Gasteiger partial charge in [0, 0.05) is 0 Å². The molecule has 0 saturated heterocycles. The lowest BCUT2D eigenvalue weighted by Crippen LogP contribution is -1.74. The molecular formula is C12H6ClN3O. The van der Waals surface area contributed by atoms with Crippen LogP contribution in [0.4, 0.5) is 0 Å². The number of nitrogens with one attached hydrogen (secondary N) is 1. The number of hydrogen-bond donors (Lipinski definition) is 1. The molecule has 0 saturated carbocycles. The van der Waals surface area contributed by atoms with Crippen LogP contribution < -0.4 is 0 Å². The van der Waals surface area contributed by atoms with Crippen molar-refractivity contribution >= 4 is 22.6 Å². The highest BCUT2D eigenvalue weighted by Crippen LogP contribution is 2.24. The number of halogens is 1. The molecule has 0 unspecified atom stereocenters. The van der Waals surface area contributed by atoms with Gasteiger partial charge in [0.25, 0.3) is 0 Å². The van der Waals surface area contributed by atoms with Crippen LogP contribution in [0.2, 0.25) is 5.22 Å². The number of fused-ring (bicyclic) bond motifs is 1. The van der Waals surface area contributed by atoms with Gasteiger partial charge in [-0.05, 0) is 41.9 Å². The van der Waals surface area contributed by atoms with E-state index in [1.54, 1.807) is 30.3 Å². The van der Waals surface area contributed by atoms with Gasteiger partial charge in [0.15, 0.2) is 16.8 Å². The van der Waals surface area contributed by atoms with Crippen LogP contribution in [0.3, 0.4) is 0 Å². The van der Waals surface area contributed by atoms with Crippen molar-refractivity contribution in [3.8, 4) is 17.7 Å². The first-order valence-electron chi connectivity index (χ1n) is 4.92. The van der Waals surface area contributed by atoms with E-state index in [1.807, 2.05) is 0 Å². The van der Waals surface area contributed by atoms with Crippen molar-refractivity contribution in [3.05, 3.63) is 41.1 Å². The van der Waals surface area contributed by atoms with Gasteiger partial charge in [0.05, 0.1) is 22.7 Å². The van der Waals surface area contributed by atoms with Gasteiger partial charge >= 0.3 is 0 Å². The minimum atomic E-state index is 0.318. The fourth-order valence-corrected chi connectivity index (χ4v) is 1.78. The summed E-state index contributed by atoms with van der Waals surface area (Å²) in [5.74, 6) is 1.17. The Labute approximate surface area is 101 Å². The van der Waals surface area contributed by atoms with E-state index in [9.17, 15) is 0 Å². The quantitative estimate of drug-likeness (QED) is 0.713. The summed E-state index contributed by atoms with van der Waals surface area (Å²) < 4.78 is 5.26. The summed E-state index contributed by atoms with van der Waals surface area (Å²) in [6.07, 6.45) is 0. The van der Waals surface area contributed by atoms with Crippen LogP contribution in [0, 0.1) is 11.3 Å². The molecule has 17 heavy (non-hydrogen) atoms. The molecule has 0 radical (unpaired) electrons. The summed E-state index contributed by atoms with van der Waals surface area (Å²) in [6, 6.07) is 10.7. The standard InChI is InChI=1S/C12H6ClN3O/c13-11-4-3-10(17-11)12-15-8-2-1-7(6-14)5-9(8)16-12/h1-5H,(H,15,16). The number of furan rings is 1. The van der Waals surface area contributed by atoms with Crippen molar-refractivity contribution in [2.75, 3.05) is 0 Å². The number of H-pyrrole nitrogens is 1. The number of aromatic amines is 1. The molecule has 0 bridgehead atoms. The lowest BCUT2D eigenvalue weighted by Gasteiger charge is -1.87. The molecule has 2 aromatic heterocycles. The van der Waals surface area contributed by atoms with Crippen LogP contribution in [0.1, 0.15) is 5.56 Å². The highest BCUT2D eigenvalue weighted by Gasteiger charge is 2.09. The minimum absolute atomic E-state index is 0.318. The van der Waals surface area contributed by atoms with Crippen molar-refractivity contribution in [2.24, 2.45) is 0 Å². The number of rotatable bonds is 1. The van der Waals surface area contributed by atoms with Crippen molar-refractivity contribution < 1.29 is 4.42 Å². The molecule has 0 atom stereocenters. The summed E-state index contributed by atoms with van der Waals surface area (Å²) in [7, 11) is 0. The Bertz CT molecular complexity index is 736. The highest BCUT2D eigenvalue weighted by atomic mass is 35.5. The average Bonchev–Trinajstić information content (AvgIpc) is 2.93. The van der Waals surface area contributed by atoms with Gasteiger partial charge in [-0.3, -0.25) is 0 Å². The molecule has 0 amide bonds. The zero-order valence-electron chi connectivity index (χ0n) is 8.57. The molecule has 0 fully saturated rings. The summed E-state index contributed by atoms with van der Waals surface area (Å²) in [5.41, 5.74) is 2.17.